The molecule has 0 saturated heterocycles. The second-order valence-electron chi connectivity index (χ2n) is 7.80. The molecule has 0 aliphatic carbocycles. The van der Waals surface area contributed by atoms with E-state index >= 15 is 0 Å². The van der Waals surface area contributed by atoms with Crippen molar-refractivity contribution in [1.82, 2.24) is 15.1 Å². The smallest absolute Gasteiger partial charge is 0.338 e. The summed E-state index contributed by atoms with van der Waals surface area (Å²) in [4.78, 5) is 26.3. The Hall–Kier alpha value is -3.19. The van der Waals surface area contributed by atoms with Crippen LogP contribution in [0.15, 0.2) is 42.5 Å². The first-order valence-electron chi connectivity index (χ1n) is 10.8. The molecule has 1 aromatic heterocycles. The molecule has 1 heterocycles. The normalized spacial score (nSPS) is 11.9. The van der Waals surface area contributed by atoms with E-state index < -0.39 is 40.9 Å². The van der Waals surface area contributed by atoms with E-state index in [-0.39, 0.29) is 30.7 Å². The number of nitrogens with zero attached hydrogens (tertiary/aromatic N) is 3. The predicted molar refractivity (Wildman–Crippen MR) is 126 cm³/mol. The molecule has 198 valence electrons. The minimum atomic E-state index is -5.08. The zero-order valence-electron chi connectivity index (χ0n) is 19.1. The van der Waals surface area contributed by atoms with Gasteiger partial charge in [0.1, 0.15) is 5.01 Å². The maximum Gasteiger partial charge on any atom is 0.416 e. The number of rotatable bonds is 8. The van der Waals surface area contributed by atoms with E-state index in [1.807, 2.05) is 0 Å². The van der Waals surface area contributed by atoms with Gasteiger partial charge in [0.15, 0.2) is 0 Å². The van der Waals surface area contributed by atoms with Crippen molar-refractivity contribution in [3.05, 3.63) is 64.2 Å². The molecule has 2 aromatic carbocycles. The average Bonchev–Trinajstić information content (AvgIpc) is 3.28. The summed E-state index contributed by atoms with van der Waals surface area (Å²) in [5, 5.41) is 11.6. The number of aromatic nitrogens is 2. The lowest BCUT2D eigenvalue weighted by Crippen LogP contribution is -2.35. The largest absolute Gasteiger partial charge is 0.416 e. The van der Waals surface area contributed by atoms with E-state index in [0.717, 1.165) is 21.8 Å². The molecular formula is C23H19ClF6N4O2S. The highest BCUT2D eigenvalue weighted by Gasteiger charge is 2.38. The van der Waals surface area contributed by atoms with Gasteiger partial charge in [0.2, 0.25) is 11.0 Å². The maximum absolute atomic E-state index is 13.2. The summed E-state index contributed by atoms with van der Waals surface area (Å²) in [7, 11) is 0. The van der Waals surface area contributed by atoms with Gasteiger partial charge < -0.3 is 10.2 Å². The van der Waals surface area contributed by atoms with Crippen LogP contribution in [0.4, 0.5) is 31.5 Å². The lowest BCUT2D eigenvalue weighted by atomic mass is 10.0. The summed E-state index contributed by atoms with van der Waals surface area (Å²) in [6, 6.07) is 7.48. The summed E-state index contributed by atoms with van der Waals surface area (Å²) < 4.78 is 79.1. The number of anilines is 1. The Labute approximate surface area is 216 Å². The zero-order chi connectivity index (χ0) is 27.4. The number of nitrogens with one attached hydrogen (secondary N) is 1. The number of amides is 2. The van der Waals surface area contributed by atoms with Crippen molar-refractivity contribution in [3.63, 3.8) is 0 Å². The van der Waals surface area contributed by atoms with Gasteiger partial charge in [-0.2, -0.15) is 26.3 Å². The van der Waals surface area contributed by atoms with Gasteiger partial charge >= 0.3 is 12.4 Å². The zero-order valence-corrected chi connectivity index (χ0v) is 20.7. The first-order valence-corrected chi connectivity index (χ1v) is 12.0. The van der Waals surface area contributed by atoms with Crippen LogP contribution in [0.1, 0.15) is 41.3 Å². The fraction of sp³-hybridized carbons (Fsp3) is 0.304. The SMILES string of the molecule is CCCN(CCC(=O)Nc1nnc(-c2ccc(Cl)cc2)s1)C(=O)c1cc(C(F)(F)F)cc(C(F)(F)F)c1. The van der Waals surface area contributed by atoms with Gasteiger partial charge in [0.25, 0.3) is 5.91 Å². The Kier molecular flexibility index (Phi) is 8.80. The van der Waals surface area contributed by atoms with E-state index in [2.05, 4.69) is 15.5 Å². The summed E-state index contributed by atoms with van der Waals surface area (Å²) in [5.41, 5.74) is -3.23. The third kappa shape index (κ3) is 7.65. The Balaban J connectivity index is 1.71. The van der Waals surface area contributed by atoms with Gasteiger partial charge in [0, 0.05) is 35.7 Å². The van der Waals surface area contributed by atoms with Crippen molar-refractivity contribution in [2.45, 2.75) is 32.1 Å². The minimum absolute atomic E-state index is 0.0171. The topological polar surface area (TPSA) is 75.2 Å². The van der Waals surface area contributed by atoms with Gasteiger partial charge in [-0.1, -0.05) is 42.0 Å². The lowest BCUT2D eigenvalue weighted by Gasteiger charge is -2.23. The van der Waals surface area contributed by atoms with Crippen LogP contribution in [0.2, 0.25) is 5.02 Å². The number of hydrogen-bond acceptors (Lipinski definition) is 5. The molecule has 0 bridgehead atoms. The molecule has 0 saturated carbocycles. The number of benzene rings is 2. The Morgan fingerprint density at radius 1 is 0.946 bits per heavy atom. The molecular weight excluding hydrogens is 546 g/mol. The monoisotopic (exact) mass is 564 g/mol. The van der Waals surface area contributed by atoms with Crippen LogP contribution in [0.3, 0.4) is 0 Å². The summed E-state index contributed by atoms with van der Waals surface area (Å²) in [6.07, 6.45) is -10.1. The molecule has 0 atom stereocenters. The van der Waals surface area contributed by atoms with Crippen LogP contribution in [-0.4, -0.2) is 40.0 Å². The highest BCUT2D eigenvalue weighted by molar-refractivity contribution is 7.18. The molecule has 0 aliphatic rings. The maximum atomic E-state index is 13.2. The second-order valence-corrected chi connectivity index (χ2v) is 9.22. The van der Waals surface area contributed by atoms with Crippen LogP contribution in [-0.2, 0) is 17.1 Å². The van der Waals surface area contributed by atoms with Crippen molar-refractivity contribution in [3.8, 4) is 10.6 Å². The Morgan fingerprint density at radius 3 is 2.08 bits per heavy atom. The molecule has 2 amide bonds. The van der Waals surface area contributed by atoms with Crippen LogP contribution >= 0.6 is 22.9 Å². The fourth-order valence-electron chi connectivity index (χ4n) is 3.25. The lowest BCUT2D eigenvalue weighted by molar-refractivity contribution is -0.143. The highest BCUT2D eigenvalue weighted by atomic mass is 35.5. The predicted octanol–water partition coefficient (Wildman–Crippen LogP) is 6.78. The molecule has 0 unspecified atom stereocenters. The Morgan fingerprint density at radius 2 is 1.54 bits per heavy atom. The molecule has 1 N–H and O–H groups in total. The van der Waals surface area contributed by atoms with Crippen LogP contribution in [0.25, 0.3) is 10.6 Å². The van der Waals surface area contributed by atoms with Crippen molar-refractivity contribution in [2.75, 3.05) is 18.4 Å². The quantitative estimate of drug-likeness (QED) is 0.306. The molecule has 3 aromatic rings. The average molecular weight is 565 g/mol. The highest BCUT2D eigenvalue weighted by Crippen LogP contribution is 2.36. The van der Waals surface area contributed by atoms with Gasteiger partial charge in [0.05, 0.1) is 11.1 Å². The molecule has 0 spiro atoms. The first-order chi connectivity index (χ1) is 17.3. The summed E-state index contributed by atoms with van der Waals surface area (Å²) in [6.45, 7) is 1.45. The van der Waals surface area contributed by atoms with Crippen molar-refractivity contribution >= 4 is 39.9 Å². The van der Waals surface area contributed by atoms with E-state index in [1.54, 1.807) is 31.2 Å². The molecule has 0 fully saturated rings. The van der Waals surface area contributed by atoms with E-state index in [4.69, 9.17) is 11.6 Å². The van der Waals surface area contributed by atoms with Gasteiger partial charge in [-0.15, -0.1) is 10.2 Å². The number of alkyl halides is 6. The van der Waals surface area contributed by atoms with Gasteiger partial charge in [-0.3, -0.25) is 9.59 Å². The number of carbonyl (C=O) groups excluding carboxylic acids is 2. The second kappa shape index (κ2) is 11.5. The van der Waals surface area contributed by atoms with Crippen LogP contribution in [0, 0.1) is 0 Å². The van der Waals surface area contributed by atoms with E-state index in [9.17, 15) is 35.9 Å². The molecule has 0 aliphatic heterocycles. The molecule has 14 heteroatoms. The Bertz CT molecular complexity index is 1230. The summed E-state index contributed by atoms with van der Waals surface area (Å²) in [5.74, 6) is -1.61. The number of hydrogen-bond donors (Lipinski definition) is 1. The molecule has 6 nitrogen and oxygen atoms in total. The number of carbonyl (C=O) groups is 2. The van der Waals surface area contributed by atoms with E-state index in [1.165, 1.54) is 0 Å². The van der Waals surface area contributed by atoms with Crippen molar-refractivity contribution in [1.29, 1.82) is 0 Å². The van der Waals surface area contributed by atoms with Crippen molar-refractivity contribution in [2.24, 2.45) is 0 Å². The standard InChI is InChI=1S/C23H19ClF6N4O2S/c1-2-8-34(20(36)14-10-15(22(25,26)27)12-16(11-14)23(28,29)30)9-7-18(35)31-21-33-32-19(37-21)13-3-5-17(24)6-4-13/h3-6,10-12H,2,7-9H2,1H3,(H,31,33,35). The summed E-state index contributed by atoms with van der Waals surface area (Å²) >= 11 is 6.94. The van der Waals surface area contributed by atoms with E-state index in [0.29, 0.717) is 28.6 Å². The van der Waals surface area contributed by atoms with Crippen molar-refractivity contribution < 1.29 is 35.9 Å². The van der Waals surface area contributed by atoms with Gasteiger partial charge in [-0.25, -0.2) is 0 Å². The fourth-order valence-corrected chi connectivity index (χ4v) is 4.14. The third-order valence-electron chi connectivity index (χ3n) is 4.99. The molecule has 37 heavy (non-hydrogen) atoms. The first kappa shape index (κ1) is 28.4. The number of halogens is 7. The van der Waals surface area contributed by atoms with Crippen LogP contribution < -0.4 is 5.32 Å². The van der Waals surface area contributed by atoms with Gasteiger partial charge in [-0.05, 0) is 36.8 Å². The molecule has 0 radical (unpaired) electrons. The third-order valence-corrected chi connectivity index (χ3v) is 6.13. The minimum Gasteiger partial charge on any atom is -0.338 e. The molecule has 3 rings (SSSR count). The van der Waals surface area contributed by atoms with Crippen LogP contribution in [0.5, 0.6) is 0 Å².